The van der Waals surface area contributed by atoms with Crippen LogP contribution in [0.5, 0.6) is 0 Å². The highest BCUT2D eigenvalue weighted by Gasteiger charge is 2.04. The third kappa shape index (κ3) is 2.43. The minimum atomic E-state index is -0.707. The van der Waals surface area contributed by atoms with E-state index in [2.05, 4.69) is 15.3 Å². The van der Waals surface area contributed by atoms with Gasteiger partial charge in [-0.2, -0.15) is 0 Å². The first kappa shape index (κ1) is 10.8. The van der Waals surface area contributed by atoms with Gasteiger partial charge in [0, 0.05) is 6.07 Å². The lowest BCUT2D eigenvalue weighted by atomic mass is 10.3. The highest BCUT2D eigenvalue weighted by Crippen LogP contribution is 2.19. The molecule has 0 bridgehead atoms. The smallest absolute Gasteiger partial charge is 0.150 e. The normalized spacial score (nSPS) is 10.2. The lowest BCUT2D eigenvalue weighted by Gasteiger charge is -2.06. The summed E-state index contributed by atoms with van der Waals surface area (Å²) in [7, 11) is 0. The number of nitrogens with zero attached hydrogens (tertiary/aromatic N) is 2. The van der Waals surface area contributed by atoms with Crippen molar-refractivity contribution in [3.05, 3.63) is 47.4 Å². The van der Waals surface area contributed by atoms with Crippen molar-refractivity contribution < 1.29 is 8.78 Å². The van der Waals surface area contributed by atoms with E-state index in [0.29, 0.717) is 0 Å². The van der Waals surface area contributed by atoms with E-state index in [1.165, 1.54) is 18.5 Å². The van der Waals surface area contributed by atoms with Gasteiger partial charge >= 0.3 is 0 Å². The third-order valence-electron chi connectivity index (χ3n) is 1.80. The van der Waals surface area contributed by atoms with Crippen LogP contribution in [0.3, 0.4) is 0 Å². The van der Waals surface area contributed by atoms with Crippen molar-refractivity contribution in [2.24, 2.45) is 0 Å². The fraction of sp³-hybridized carbons (Fsp3) is 0. The van der Waals surface area contributed by atoms with Gasteiger partial charge in [-0.3, -0.25) is 4.98 Å². The SMILES string of the molecule is Fc1ccc(Nc2cncc(Cl)n2)c(F)c1. The molecule has 2 rings (SSSR count). The number of aromatic nitrogens is 2. The molecule has 3 nitrogen and oxygen atoms in total. The van der Waals surface area contributed by atoms with Crippen LogP contribution in [0, 0.1) is 11.6 Å². The summed E-state index contributed by atoms with van der Waals surface area (Å²) < 4.78 is 25.9. The molecule has 16 heavy (non-hydrogen) atoms. The summed E-state index contributed by atoms with van der Waals surface area (Å²) in [6.07, 6.45) is 2.74. The number of rotatable bonds is 2. The fourth-order valence-electron chi connectivity index (χ4n) is 1.13. The topological polar surface area (TPSA) is 37.8 Å². The van der Waals surface area contributed by atoms with Crippen molar-refractivity contribution in [2.75, 3.05) is 5.32 Å². The molecule has 0 spiro atoms. The predicted molar refractivity (Wildman–Crippen MR) is 56.7 cm³/mol. The summed E-state index contributed by atoms with van der Waals surface area (Å²) in [6, 6.07) is 3.19. The summed E-state index contributed by atoms with van der Waals surface area (Å²) in [5.74, 6) is -1.06. The Labute approximate surface area is 95.1 Å². The second-order valence-corrected chi connectivity index (χ2v) is 3.36. The molecule has 0 aliphatic heterocycles. The van der Waals surface area contributed by atoms with Gasteiger partial charge in [0.2, 0.25) is 0 Å². The average Bonchev–Trinajstić information content (AvgIpc) is 2.22. The molecule has 2 aromatic rings. The molecule has 0 atom stereocenters. The number of hydrogen-bond acceptors (Lipinski definition) is 3. The Morgan fingerprint density at radius 1 is 1.19 bits per heavy atom. The van der Waals surface area contributed by atoms with Crippen LogP contribution in [-0.4, -0.2) is 9.97 Å². The van der Waals surface area contributed by atoms with Crippen molar-refractivity contribution in [1.82, 2.24) is 9.97 Å². The largest absolute Gasteiger partial charge is 0.337 e. The predicted octanol–water partition coefficient (Wildman–Crippen LogP) is 3.15. The highest BCUT2D eigenvalue weighted by molar-refractivity contribution is 6.29. The van der Waals surface area contributed by atoms with Gasteiger partial charge in [-0.05, 0) is 12.1 Å². The molecule has 1 heterocycles. The lowest BCUT2D eigenvalue weighted by molar-refractivity contribution is 0.586. The quantitative estimate of drug-likeness (QED) is 0.878. The van der Waals surface area contributed by atoms with Gasteiger partial charge in [-0.15, -0.1) is 0 Å². The third-order valence-corrected chi connectivity index (χ3v) is 1.98. The van der Waals surface area contributed by atoms with Crippen molar-refractivity contribution in [3.8, 4) is 0 Å². The molecule has 0 amide bonds. The molecule has 1 N–H and O–H groups in total. The Morgan fingerprint density at radius 3 is 2.69 bits per heavy atom. The minimum Gasteiger partial charge on any atom is -0.337 e. The van der Waals surface area contributed by atoms with E-state index in [1.54, 1.807) is 0 Å². The number of anilines is 2. The molecule has 0 aliphatic rings. The van der Waals surface area contributed by atoms with Gasteiger partial charge in [-0.25, -0.2) is 13.8 Å². The molecule has 0 saturated heterocycles. The van der Waals surface area contributed by atoms with Crippen molar-refractivity contribution in [2.45, 2.75) is 0 Å². The van der Waals surface area contributed by atoms with Gasteiger partial charge in [0.15, 0.2) is 5.82 Å². The van der Waals surface area contributed by atoms with Crippen LogP contribution in [0.25, 0.3) is 0 Å². The Morgan fingerprint density at radius 2 is 2.00 bits per heavy atom. The van der Waals surface area contributed by atoms with E-state index >= 15 is 0 Å². The second kappa shape index (κ2) is 4.40. The molecule has 1 aromatic carbocycles. The average molecular weight is 242 g/mol. The monoisotopic (exact) mass is 241 g/mol. The maximum atomic E-state index is 13.3. The van der Waals surface area contributed by atoms with E-state index in [0.717, 1.165) is 12.1 Å². The Hall–Kier alpha value is -1.75. The minimum absolute atomic E-state index is 0.109. The van der Waals surface area contributed by atoms with Gasteiger partial charge in [0.25, 0.3) is 0 Å². The van der Waals surface area contributed by atoms with Gasteiger partial charge in [-0.1, -0.05) is 11.6 Å². The number of halogens is 3. The maximum absolute atomic E-state index is 13.3. The first-order valence-electron chi connectivity index (χ1n) is 4.35. The molecule has 1 aromatic heterocycles. The van der Waals surface area contributed by atoms with Gasteiger partial charge in [0.1, 0.15) is 16.8 Å². The molecule has 0 radical (unpaired) electrons. The van der Waals surface area contributed by atoms with Crippen molar-refractivity contribution in [3.63, 3.8) is 0 Å². The first-order chi connectivity index (χ1) is 7.65. The van der Waals surface area contributed by atoms with E-state index < -0.39 is 11.6 Å². The summed E-state index contributed by atoms with van der Waals surface area (Å²) in [4.78, 5) is 7.64. The molecule has 0 unspecified atom stereocenters. The highest BCUT2D eigenvalue weighted by atomic mass is 35.5. The molecular formula is C10H6ClF2N3. The van der Waals surface area contributed by atoms with Gasteiger partial charge in [0.05, 0.1) is 18.1 Å². The molecule has 0 aliphatic carbocycles. The summed E-state index contributed by atoms with van der Waals surface area (Å²) in [5.41, 5.74) is 0.109. The standard InChI is InChI=1S/C10H6ClF2N3/c11-9-4-14-5-10(16-9)15-8-2-1-6(12)3-7(8)13/h1-5H,(H,15,16). The van der Waals surface area contributed by atoms with E-state index in [4.69, 9.17) is 11.6 Å². The maximum Gasteiger partial charge on any atom is 0.150 e. The fourth-order valence-corrected chi connectivity index (χ4v) is 1.28. The molecule has 82 valence electrons. The molecular weight excluding hydrogens is 236 g/mol. The number of nitrogens with one attached hydrogen (secondary N) is 1. The van der Waals surface area contributed by atoms with Crippen molar-refractivity contribution >= 4 is 23.1 Å². The van der Waals surface area contributed by atoms with Crippen LogP contribution >= 0.6 is 11.6 Å². The summed E-state index contributed by atoms with van der Waals surface area (Å²) >= 11 is 5.61. The molecule has 0 fully saturated rings. The lowest BCUT2D eigenvalue weighted by Crippen LogP contribution is -1.97. The van der Waals surface area contributed by atoms with Crippen LogP contribution in [0.15, 0.2) is 30.6 Å². The number of benzene rings is 1. The van der Waals surface area contributed by atoms with E-state index in [1.807, 2.05) is 0 Å². The van der Waals surface area contributed by atoms with Crippen LogP contribution in [0.4, 0.5) is 20.3 Å². The van der Waals surface area contributed by atoms with Crippen LogP contribution < -0.4 is 5.32 Å². The van der Waals surface area contributed by atoms with Crippen LogP contribution in [0.1, 0.15) is 0 Å². The first-order valence-corrected chi connectivity index (χ1v) is 4.72. The molecule has 0 saturated carbocycles. The number of hydrogen-bond donors (Lipinski definition) is 1. The van der Waals surface area contributed by atoms with E-state index in [-0.39, 0.29) is 16.7 Å². The molecule has 6 heteroatoms. The van der Waals surface area contributed by atoms with Crippen molar-refractivity contribution in [1.29, 1.82) is 0 Å². The zero-order valence-corrected chi connectivity index (χ0v) is 8.67. The summed E-state index contributed by atoms with van der Waals surface area (Å²) in [6.45, 7) is 0. The Kier molecular flexibility index (Phi) is 2.96. The van der Waals surface area contributed by atoms with E-state index in [9.17, 15) is 8.78 Å². The van der Waals surface area contributed by atoms with Crippen LogP contribution in [-0.2, 0) is 0 Å². The zero-order chi connectivity index (χ0) is 11.5. The van der Waals surface area contributed by atoms with Crippen LogP contribution in [0.2, 0.25) is 5.15 Å². The summed E-state index contributed by atoms with van der Waals surface area (Å²) in [5, 5.41) is 2.83. The Balaban J connectivity index is 2.27. The Bertz CT molecular complexity index is 519. The zero-order valence-electron chi connectivity index (χ0n) is 7.92. The van der Waals surface area contributed by atoms with Gasteiger partial charge < -0.3 is 5.32 Å². The second-order valence-electron chi connectivity index (χ2n) is 2.98.